The lowest BCUT2D eigenvalue weighted by molar-refractivity contribution is -0.123. The number of anilines is 1. The van der Waals surface area contributed by atoms with Crippen molar-refractivity contribution < 1.29 is 14.3 Å². The number of carbonyl (C=O) groups is 2. The van der Waals surface area contributed by atoms with E-state index in [1.165, 1.54) is 0 Å². The first-order valence-electron chi connectivity index (χ1n) is 10.2. The number of imide groups is 1. The zero-order chi connectivity index (χ0) is 21.8. The minimum absolute atomic E-state index is 0.103. The summed E-state index contributed by atoms with van der Waals surface area (Å²) >= 11 is 0. The minimum Gasteiger partial charge on any atom is -0.444 e. The summed E-state index contributed by atoms with van der Waals surface area (Å²) in [6.45, 7) is 3.87. The van der Waals surface area contributed by atoms with Crippen LogP contribution in [0.4, 0.5) is 10.5 Å². The van der Waals surface area contributed by atoms with Gasteiger partial charge in [0.2, 0.25) is 5.91 Å². The van der Waals surface area contributed by atoms with E-state index in [-0.39, 0.29) is 18.4 Å². The summed E-state index contributed by atoms with van der Waals surface area (Å²) in [6, 6.07) is 26.4. The Balaban J connectivity index is 1.62. The molecule has 0 radical (unpaired) electrons. The van der Waals surface area contributed by atoms with Gasteiger partial charge in [0.05, 0.1) is 11.1 Å². The number of fused-ring (bicyclic) bond motifs is 1. The summed E-state index contributed by atoms with van der Waals surface area (Å²) in [7, 11) is 0. The van der Waals surface area contributed by atoms with Crippen molar-refractivity contribution in [2.75, 3.05) is 4.90 Å². The summed E-state index contributed by atoms with van der Waals surface area (Å²) in [4.78, 5) is 27.6. The van der Waals surface area contributed by atoms with Crippen LogP contribution in [-0.2, 0) is 21.6 Å². The zero-order valence-corrected chi connectivity index (χ0v) is 17.5. The number of nitrogens with zero attached hydrogens (tertiary/aromatic N) is 1. The average Bonchev–Trinajstić information content (AvgIpc) is 3.05. The Morgan fingerprint density at radius 1 is 0.968 bits per heavy atom. The van der Waals surface area contributed by atoms with Crippen molar-refractivity contribution in [1.82, 2.24) is 0 Å². The Morgan fingerprint density at radius 3 is 2.29 bits per heavy atom. The second kappa shape index (κ2) is 8.49. The van der Waals surface area contributed by atoms with Crippen LogP contribution < -0.4 is 4.90 Å². The highest BCUT2D eigenvalue weighted by atomic mass is 16.6. The van der Waals surface area contributed by atoms with Crippen LogP contribution in [-0.4, -0.2) is 12.0 Å². The molecule has 2 amide bonds. The summed E-state index contributed by atoms with van der Waals surface area (Å²) in [5, 5.41) is 0. The molecule has 0 N–H and O–H groups in total. The fourth-order valence-corrected chi connectivity index (χ4v) is 3.81. The third kappa shape index (κ3) is 3.83. The Hall–Kier alpha value is -3.84. The maximum Gasteiger partial charge on any atom is 0.421 e. The van der Waals surface area contributed by atoms with Crippen molar-refractivity contribution in [2.45, 2.75) is 25.9 Å². The molecule has 0 unspecified atom stereocenters. The topological polar surface area (TPSA) is 46.6 Å². The Morgan fingerprint density at radius 2 is 1.58 bits per heavy atom. The third-order valence-corrected chi connectivity index (χ3v) is 5.81. The molecule has 0 aliphatic carbocycles. The van der Waals surface area contributed by atoms with Gasteiger partial charge in [0.1, 0.15) is 6.61 Å². The molecular formula is C27H23NO3. The number of para-hydroxylation sites is 1. The number of hydrogen-bond donors (Lipinski definition) is 0. The first-order valence-corrected chi connectivity index (χ1v) is 10.2. The monoisotopic (exact) mass is 409 g/mol. The predicted octanol–water partition coefficient (Wildman–Crippen LogP) is 5.32. The van der Waals surface area contributed by atoms with Gasteiger partial charge < -0.3 is 4.74 Å². The summed E-state index contributed by atoms with van der Waals surface area (Å²) in [5.41, 5.74) is 2.13. The van der Waals surface area contributed by atoms with Crippen LogP contribution in [0.5, 0.6) is 0 Å². The highest BCUT2D eigenvalue weighted by Gasteiger charge is 2.53. The van der Waals surface area contributed by atoms with Crippen molar-refractivity contribution in [3.05, 3.63) is 102 Å². The first-order chi connectivity index (χ1) is 15.0. The Bertz CT molecular complexity index is 1160. The molecule has 0 saturated carbocycles. The number of carbonyl (C=O) groups excluding carboxylic acids is 2. The predicted molar refractivity (Wildman–Crippen MR) is 120 cm³/mol. The maximum atomic E-state index is 13.5. The molecule has 3 aromatic carbocycles. The fraction of sp³-hybridized carbons (Fsp3) is 0.185. The SMILES string of the molecule is C[C@@H](C#Cc1ccccc1)[C@@]1(C)C(=O)N(C(=O)OCc2ccccc2)c2ccccc21. The molecule has 0 spiro atoms. The van der Waals surface area contributed by atoms with Crippen LogP contribution in [0.1, 0.15) is 30.5 Å². The molecule has 1 aliphatic heterocycles. The number of benzene rings is 3. The third-order valence-electron chi connectivity index (χ3n) is 5.81. The second-order valence-corrected chi connectivity index (χ2v) is 7.76. The van der Waals surface area contributed by atoms with Crippen LogP contribution in [0, 0.1) is 17.8 Å². The second-order valence-electron chi connectivity index (χ2n) is 7.76. The van der Waals surface area contributed by atoms with E-state index in [0.717, 1.165) is 21.6 Å². The molecule has 0 bridgehead atoms. The number of ether oxygens (including phenoxy) is 1. The van der Waals surface area contributed by atoms with Gasteiger partial charge >= 0.3 is 6.09 Å². The molecule has 1 heterocycles. The van der Waals surface area contributed by atoms with E-state index < -0.39 is 11.5 Å². The molecule has 2 atom stereocenters. The number of rotatable bonds is 3. The zero-order valence-electron chi connectivity index (χ0n) is 17.5. The van der Waals surface area contributed by atoms with Gasteiger partial charge in [-0.1, -0.05) is 85.5 Å². The summed E-state index contributed by atoms with van der Waals surface area (Å²) in [6.07, 6.45) is -0.673. The van der Waals surface area contributed by atoms with Crippen LogP contribution in [0.25, 0.3) is 0 Å². The normalized spacial score (nSPS) is 18.0. The lowest BCUT2D eigenvalue weighted by atomic mass is 9.73. The van der Waals surface area contributed by atoms with E-state index in [1.807, 2.05) is 92.7 Å². The molecule has 31 heavy (non-hydrogen) atoms. The quantitative estimate of drug-likeness (QED) is 0.551. The van der Waals surface area contributed by atoms with Gasteiger partial charge in [-0.3, -0.25) is 4.79 Å². The molecule has 4 heteroatoms. The molecule has 1 aliphatic rings. The van der Waals surface area contributed by atoms with Gasteiger partial charge in [-0.15, -0.1) is 0 Å². The molecule has 4 nitrogen and oxygen atoms in total. The summed E-state index contributed by atoms with van der Waals surface area (Å²) < 4.78 is 5.47. The van der Waals surface area contributed by atoms with Crippen LogP contribution in [0.2, 0.25) is 0 Å². The van der Waals surface area contributed by atoms with Crippen LogP contribution >= 0.6 is 0 Å². The van der Waals surface area contributed by atoms with Crippen LogP contribution in [0.15, 0.2) is 84.9 Å². The Labute approximate surface area is 182 Å². The van der Waals surface area contributed by atoms with Crippen LogP contribution in [0.3, 0.4) is 0 Å². The lowest BCUT2D eigenvalue weighted by Crippen LogP contribution is -2.45. The highest BCUT2D eigenvalue weighted by Crippen LogP contribution is 2.46. The van der Waals surface area contributed by atoms with Crippen molar-refractivity contribution >= 4 is 17.7 Å². The molecule has 154 valence electrons. The largest absolute Gasteiger partial charge is 0.444 e. The van der Waals surface area contributed by atoms with Crippen molar-refractivity contribution in [2.24, 2.45) is 5.92 Å². The van der Waals surface area contributed by atoms with Gasteiger partial charge in [0.15, 0.2) is 0 Å². The molecule has 4 rings (SSSR count). The average molecular weight is 409 g/mol. The smallest absolute Gasteiger partial charge is 0.421 e. The van der Waals surface area contributed by atoms with E-state index in [1.54, 1.807) is 6.07 Å². The fourth-order valence-electron chi connectivity index (χ4n) is 3.81. The molecule has 0 aromatic heterocycles. The standard InChI is InChI=1S/C27H23NO3/c1-20(17-18-21-11-5-3-6-12-21)27(2)23-15-9-10-16-24(23)28(25(27)29)26(30)31-19-22-13-7-4-8-14-22/h3-16,20H,19H2,1-2H3/t20-,27+/m0/s1. The van der Waals surface area contributed by atoms with Crippen molar-refractivity contribution in [1.29, 1.82) is 0 Å². The van der Waals surface area contributed by atoms with Crippen molar-refractivity contribution in [3.63, 3.8) is 0 Å². The first kappa shape index (κ1) is 20.4. The maximum absolute atomic E-state index is 13.5. The van der Waals surface area contributed by atoms with Gasteiger partial charge in [-0.2, -0.15) is 0 Å². The van der Waals surface area contributed by atoms with Gasteiger partial charge in [-0.25, -0.2) is 9.69 Å². The van der Waals surface area contributed by atoms with Gasteiger partial charge in [0, 0.05) is 11.5 Å². The molecular weight excluding hydrogens is 386 g/mol. The van der Waals surface area contributed by atoms with E-state index >= 15 is 0 Å². The van der Waals surface area contributed by atoms with E-state index in [4.69, 9.17) is 4.74 Å². The number of amides is 2. The summed E-state index contributed by atoms with van der Waals surface area (Å²) in [5.74, 6) is 5.74. The minimum atomic E-state index is -0.954. The lowest BCUT2D eigenvalue weighted by Gasteiger charge is -2.27. The molecule has 3 aromatic rings. The van der Waals surface area contributed by atoms with Crippen molar-refractivity contribution in [3.8, 4) is 11.8 Å². The van der Waals surface area contributed by atoms with E-state index in [2.05, 4.69) is 11.8 Å². The van der Waals surface area contributed by atoms with Gasteiger partial charge in [0.25, 0.3) is 0 Å². The van der Waals surface area contributed by atoms with Gasteiger partial charge in [-0.05, 0) is 36.2 Å². The van der Waals surface area contributed by atoms with E-state index in [0.29, 0.717) is 5.69 Å². The highest BCUT2D eigenvalue weighted by molar-refractivity contribution is 6.21. The molecule has 0 fully saturated rings. The van der Waals surface area contributed by atoms with E-state index in [9.17, 15) is 9.59 Å². The number of hydrogen-bond acceptors (Lipinski definition) is 3. The Kier molecular flexibility index (Phi) is 5.60. The molecule has 0 saturated heterocycles.